The second-order valence-corrected chi connectivity index (χ2v) is 6.11. The van der Waals surface area contributed by atoms with Crippen molar-refractivity contribution >= 4 is 17.0 Å². The summed E-state index contributed by atoms with van der Waals surface area (Å²) in [6.45, 7) is 4.54. The predicted molar refractivity (Wildman–Crippen MR) is 75.7 cm³/mol. The molecule has 0 aliphatic heterocycles. The van der Waals surface area contributed by atoms with Crippen molar-refractivity contribution in [1.82, 2.24) is 15.0 Å². The summed E-state index contributed by atoms with van der Waals surface area (Å²) in [5.74, 6) is 0.432. The fraction of sp³-hybridized carbons (Fsp3) is 0.533. The van der Waals surface area contributed by atoms with E-state index in [1.165, 1.54) is 6.42 Å². The van der Waals surface area contributed by atoms with Crippen molar-refractivity contribution in [3.63, 3.8) is 0 Å². The summed E-state index contributed by atoms with van der Waals surface area (Å²) in [5.41, 5.74) is 1.88. The van der Waals surface area contributed by atoms with Gasteiger partial charge in [-0.1, -0.05) is 19.1 Å². The summed E-state index contributed by atoms with van der Waals surface area (Å²) in [6.07, 6.45) is 3.42. The number of rotatable bonds is 2. The molecule has 2 unspecified atom stereocenters. The van der Waals surface area contributed by atoms with Crippen LogP contribution in [0.15, 0.2) is 18.2 Å². The standard InChI is InChI=1S/C15H19N3O2/c1-9-5-10(2)7-12(6-9)18-14-8-11(15(19)20)3-4-13(14)16-17-18/h3-4,8-10,12H,5-7H2,1-2H3,(H,19,20). The lowest BCUT2D eigenvalue weighted by Gasteiger charge is -2.31. The number of carbonyl (C=O) groups is 1. The van der Waals surface area contributed by atoms with E-state index in [1.807, 2.05) is 4.68 Å². The smallest absolute Gasteiger partial charge is 0.335 e. The Bertz CT molecular complexity index is 640. The molecule has 1 heterocycles. The van der Waals surface area contributed by atoms with Crippen LogP contribution in [0.5, 0.6) is 0 Å². The van der Waals surface area contributed by atoms with Gasteiger partial charge < -0.3 is 5.11 Å². The molecule has 1 N–H and O–H groups in total. The van der Waals surface area contributed by atoms with Crippen LogP contribution in [0, 0.1) is 11.8 Å². The van der Waals surface area contributed by atoms with Gasteiger partial charge in [0.25, 0.3) is 0 Å². The molecule has 1 saturated carbocycles. The molecule has 106 valence electrons. The Kier molecular flexibility index (Phi) is 3.20. The maximum Gasteiger partial charge on any atom is 0.335 e. The van der Waals surface area contributed by atoms with Crippen LogP contribution in [0.3, 0.4) is 0 Å². The van der Waals surface area contributed by atoms with E-state index in [1.54, 1.807) is 18.2 Å². The largest absolute Gasteiger partial charge is 0.478 e. The van der Waals surface area contributed by atoms with Gasteiger partial charge >= 0.3 is 5.97 Å². The first-order valence-corrected chi connectivity index (χ1v) is 7.13. The summed E-state index contributed by atoms with van der Waals surface area (Å²) in [7, 11) is 0. The van der Waals surface area contributed by atoms with E-state index in [-0.39, 0.29) is 5.56 Å². The number of hydrogen-bond acceptors (Lipinski definition) is 3. The number of carboxylic acid groups (broad SMARTS) is 1. The molecule has 0 radical (unpaired) electrons. The number of hydrogen-bond donors (Lipinski definition) is 1. The normalized spacial score (nSPS) is 26.8. The van der Waals surface area contributed by atoms with Crippen LogP contribution in [0.25, 0.3) is 11.0 Å². The number of aromatic carboxylic acids is 1. The highest BCUT2D eigenvalue weighted by Gasteiger charge is 2.27. The van der Waals surface area contributed by atoms with E-state index < -0.39 is 5.97 Å². The van der Waals surface area contributed by atoms with Crippen molar-refractivity contribution in [2.24, 2.45) is 11.8 Å². The van der Waals surface area contributed by atoms with Crippen molar-refractivity contribution < 1.29 is 9.90 Å². The lowest BCUT2D eigenvalue weighted by molar-refractivity contribution is 0.0697. The lowest BCUT2D eigenvalue weighted by Crippen LogP contribution is -2.23. The van der Waals surface area contributed by atoms with Crippen molar-refractivity contribution in [2.45, 2.75) is 39.2 Å². The molecule has 0 bridgehead atoms. The van der Waals surface area contributed by atoms with Gasteiger partial charge in [-0.05, 0) is 49.3 Å². The van der Waals surface area contributed by atoms with E-state index in [0.29, 0.717) is 17.9 Å². The Morgan fingerprint density at radius 3 is 2.60 bits per heavy atom. The zero-order chi connectivity index (χ0) is 14.3. The molecule has 1 aromatic carbocycles. The second kappa shape index (κ2) is 4.89. The van der Waals surface area contributed by atoms with Crippen LogP contribution >= 0.6 is 0 Å². The predicted octanol–water partition coefficient (Wildman–Crippen LogP) is 3.13. The molecule has 1 aromatic heterocycles. The average molecular weight is 273 g/mol. The van der Waals surface area contributed by atoms with Gasteiger partial charge in [0.1, 0.15) is 5.52 Å². The molecule has 1 aliphatic carbocycles. The lowest BCUT2D eigenvalue weighted by atomic mass is 9.80. The quantitative estimate of drug-likeness (QED) is 0.912. The van der Waals surface area contributed by atoms with Gasteiger partial charge in [-0.2, -0.15) is 0 Å². The van der Waals surface area contributed by atoms with E-state index in [2.05, 4.69) is 24.2 Å². The van der Waals surface area contributed by atoms with Gasteiger partial charge in [0.15, 0.2) is 0 Å². The zero-order valence-electron chi connectivity index (χ0n) is 11.8. The van der Waals surface area contributed by atoms with Gasteiger partial charge in [-0.15, -0.1) is 5.10 Å². The zero-order valence-corrected chi connectivity index (χ0v) is 11.8. The average Bonchev–Trinajstić information content (AvgIpc) is 2.80. The highest BCUT2D eigenvalue weighted by atomic mass is 16.4. The molecule has 5 heteroatoms. The Hall–Kier alpha value is -1.91. The molecular formula is C15H19N3O2. The van der Waals surface area contributed by atoms with Crippen molar-refractivity contribution in [3.8, 4) is 0 Å². The summed E-state index contributed by atoms with van der Waals surface area (Å²) >= 11 is 0. The minimum absolute atomic E-state index is 0.290. The van der Waals surface area contributed by atoms with Crippen LogP contribution in [0.2, 0.25) is 0 Å². The fourth-order valence-electron chi connectivity index (χ4n) is 3.44. The van der Waals surface area contributed by atoms with Gasteiger partial charge in [0.05, 0.1) is 17.1 Å². The van der Waals surface area contributed by atoms with E-state index in [4.69, 9.17) is 5.11 Å². The molecule has 3 rings (SSSR count). The van der Waals surface area contributed by atoms with Crippen molar-refractivity contribution in [3.05, 3.63) is 23.8 Å². The van der Waals surface area contributed by atoms with Gasteiger partial charge in [-0.3, -0.25) is 0 Å². The molecule has 1 aliphatic rings. The third-order valence-corrected chi connectivity index (χ3v) is 4.22. The monoisotopic (exact) mass is 273 g/mol. The van der Waals surface area contributed by atoms with E-state index >= 15 is 0 Å². The van der Waals surface area contributed by atoms with Crippen molar-refractivity contribution in [1.29, 1.82) is 0 Å². The first kappa shape index (κ1) is 13.1. The first-order chi connectivity index (χ1) is 9.54. The molecule has 0 spiro atoms. The third kappa shape index (κ3) is 2.28. The number of benzene rings is 1. The molecule has 2 aromatic rings. The number of carboxylic acids is 1. The summed E-state index contributed by atoms with van der Waals surface area (Å²) < 4.78 is 1.92. The molecule has 20 heavy (non-hydrogen) atoms. The Morgan fingerprint density at radius 1 is 1.25 bits per heavy atom. The summed E-state index contributed by atoms with van der Waals surface area (Å²) in [5, 5.41) is 17.5. The molecule has 2 atom stereocenters. The molecule has 0 saturated heterocycles. The van der Waals surface area contributed by atoms with Gasteiger partial charge in [0.2, 0.25) is 0 Å². The van der Waals surface area contributed by atoms with E-state index in [9.17, 15) is 4.79 Å². The molecular weight excluding hydrogens is 254 g/mol. The SMILES string of the molecule is CC1CC(C)CC(n2nnc3ccc(C(=O)O)cc32)C1. The minimum Gasteiger partial charge on any atom is -0.478 e. The van der Waals surface area contributed by atoms with Gasteiger partial charge in [0, 0.05) is 0 Å². The molecule has 0 amide bonds. The second-order valence-electron chi connectivity index (χ2n) is 6.11. The topological polar surface area (TPSA) is 68.0 Å². The van der Waals surface area contributed by atoms with Crippen molar-refractivity contribution in [2.75, 3.05) is 0 Å². The Balaban J connectivity index is 2.02. The molecule has 5 nitrogen and oxygen atoms in total. The van der Waals surface area contributed by atoms with E-state index in [0.717, 1.165) is 23.9 Å². The summed E-state index contributed by atoms with van der Waals surface area (Å²) in [6, 6.07) is 5.32. The van der Waals surface area contributed by atoms with Crippen LogP contribution in [-0.2, 0) is 0 Å². The number of nitrogens with zero attached hydrogens (tertiary/aromatic N) is 3. The third-order valence-electron chi connectivity index (χ3n) is 4.22. The van der Waals surface area contributed by atoms with Gasteiger partial charge in [-0.25, -0.2) is 9.48 Å². The minimum atomic E-state index is -0.912. The Labute approximate surface area is 117 Å². The van der Waals surface area contributed by atoms with Crippen LogP contribution in [-0.4, -0.2) is 26.1 Å². The maximum atomic E-state index is 11.1. The molecule has 1 fully saturated rings. The number of fused-ring (bicyclic) bond motifs is 1. The fourth-order valence-corrected chi connectivity index (χ4v) is 3.44. The van der Waals surface area contributed by atoms with Crippen LogP contribution in [0.1, 0.15) is 49.5 Å². The maximum absolute atomic E-state index is 11.1. The van der Waals surface area contributed by atoms with Crippen LogP contribution < -0.4 is 0 Å². The number of aromatic nitrogens is 3. The Morgan fingerprint density at radius 2 is 1.95 bits per heavy atom. The highest BCUT2D eigenvalue weighted by Crippen LogP contribution is 2.36. The first-order valence-electron chi connectivity index (χ1n) is 7.13. The highest BCUT2D eigenvalue weighted by molar-refractivity contribution is 5.92. The summed E-state index contributed by atoms with van der Waals surface area (Å²) in [4.78, 5) is 11.1. The van der Waals surface area contributed by atoms with Crippen LogP contribution in [0.4, 0.5) is 0 Å².